The highest BCUT2D eigenvalue weighted by Gasteiger charge is 2.41. The lowest BCUT2D eigenvalue weighted by Crippen LogP contribution is -2.60. The lowest BCUT2D eigenvalue weighted by molar-refractivity contribution is -0.141. The van der Waals surface area contributed by atoms with Gasteiger partial charge in [-0.15, -0.1) is 0 Å². The molecule has 1 aromatic carbocycles. The van der Waals surface area contributed by atoms with Gasteiger partial charge in [0, 0.05) is 258 Å². The molecule has 2 atom stereocenters. The first-order chi connectivity index (χ1) is 28.5. The van der Waals surface area contributed by atoms with Crippen LogP contribution in [-0.2, 0) is 210 Å². The van der Waals surface area contributed by atoms with Crippen molar-refractivity contribution in [3.8, 4) is 0 Å². The van der Waals surface area contributed by atoms with Crippen LogP contribution in [0.4, 0.5) is 0 Å². The zero-order chi connectivity index (χ0) is 42.9. The van der Waals surface area contributed by atoms with Gasteiger partial charge in [0.1, 0.15) is 0 Å². The Morgan fingerprint density at radius 3 is 1.66 bits per heavy atom. The summed E-state index contributed by atoms with van der Waals surface area (Å²) in [5.41, 5.74) is 1.89. The number of hydrogen-bond donors (Lipinski definition) is 0. The number of carbonyl (C=O) groups excluding carboxylic acids is 2. The van der Waals surface area contributed by atoms with E-state index in [0.29, 0.717) is 28.9 Å². The van der Waals surface area contributed by atoms with Crippen LogP contribution in [0.2, 0.25) is 10.0 Å². The SMILES string of the molecule is CC(=O)N1CCC(CC(=O)N2CCN(C(c3ccc(Cl)c(Cl)c3)c3ccccn3)C[C@@H]2C(C)(C)C)CC1.S=S=S=S=S=S=S=S=S=S=S=S=S=S=S=S=S=S=S=S=S=S. The summed E-state index contributed by atoms with van der Waals surface area (Å²) in [5, 5.41) is 1.06. The highest BCUT2D eigenvalue weighted by molar-refractivity contribution is 8.78. The normalized spacial score (nSPS) is 15.7. The van der Waals surface area contributed by atoms with Gasteiger partial charge < -0.3 is 9.80 Å². The van der Waals surface area contributed by atoms with E-state index in [1.807, 2.05) is 47.5 Å². The van der Waals surface area contributed by atoms with Gasteiger partial charge in [-0.2, -0.15) is 0 Å². The average molecular weight is 1250 g/mol. The molecule has 0 spiro atoms. The fourth-order valence-corrected chi connectivity index (χ4v) is 55.6. The number of nitrogens with zero attached hydrogens (tertiary/aromatic N) is 4. The van der Waals surface area contributed by atoms with E-state index in [1.165, 1.54) is 17.8 Å². The van der Waals surface area contributed by atoms with E-state index in [4.69, 9.17) is 50.6 Å². The molecule has 332 valence electrons. The largest absolute Gasteiger partial charge is 0.343 e. The number of halogens is 2. The molecule has 0 saturated carbocycles. The van der Waals surface area contributed by atoms with Gasteiger partial charge in [0.05, 0.1) is 21.8 Å². The Morgan fingerprint density at radius 1 is 0.729 bits per heavy atom. The minimum atomic E-state index is -0.0986. The smallest absolute Gasteiger partial charge is 0.223 e. The zero-order valence-corrected chi connectivity index (χ0v) is 50.7. The van der Waals surface area contributed by atoms with Gasteiger partial charge in [-0.25, -0.2) is 0 Å². The Kier molecular flexibility index (Phi) is 31.5. The molecule has 2 amide bonds. The maximum Gasteiger partial charge on any atom is 0.223 e. The minimum absolute atomic E-state index is 0.0556. The van der Waals surface area contributed by atoms with Crippen molar-refractivity contribution < 1.29 is 9.59 Å². The molecule has 1 aromatic heterocycles. The molecule has 30 heteroatoms. The highest BCUT2D eigenvalue weighted by Crippen LogP contribution is 2.37. The van der Waals surface area contributed by atoms with E-state index in [-0.39, 0.29) is 29.3 Å². The molecular formula is C29H38Cl2N4O2S22. The van der Waals surface area contributed by atoms with Gasteiger partial charge in [-0.1, -0.05) is 56.1 Å². The van der Waals surface area contributed by atoms with Crippen molar-refractivity contribution in [1.82, 2.24) is 19.7 Å². The van der Waals surface area contributed by atoms with E-state index in [2.05, 4.69) is 30.6 Å². The summed E-state index contributed by atoms with van der Waals surface area (Å²) in [6.45, 7) is 11.9. The number of pyridine rings is 1. The number of carbonyl (C=O) groups is 2. The number of likely N-dealkylation sites (tertiary alicyclic amines) is 1. The van der Waals surface area contributed by atoms with Crippen molar-refractivity contribution in [2.45, 2.75) is 59.0 Å². The van der Waals surface area contributed by atoms with Crippen molar-refractivity contribution >= 4 is 235 Å². The third-order valence-electron chi connectivity index (χ3n) is 8.38. The van der Waals surface area contributed by atoms with Crippen LogP contribution in [0.1, 0.15) is 64.3 Å². The number of aromatic nitrogens is 1. The molecule has 2 fully saturated rings. The van der Waals surface area contributed by atoms with Crippen molar-refractivity contribution in [2.24, 2.45) is 11.3 Å². The topological polar surface area (TPSA) is 56.8 Å². The molecule has 2 saturated heterocycles. The fraction of sp³-hybridized carbons (Fsp3) is 0.552. The van der Waals surface area contributed by atoms with Gasteiger partial charge in [-0.3, -0.25) is 19.5 Å². The van der Waals surface area contributed by atoms with Crippen molar-refractivity contribution in [3.63, 3.8) is 0 Å². The van der Waals surface area contributed by atoms with Gasteiger partial charge in [0.25, 0.3) is 0 Å². The Labute approximate surface area is 424 Å². The Balaban J connectivity index is 0.000000364. The van der Waals surface area contributed by atoms with Crippen LogP contribution >= 0.6 is 23.2 Å². The molecule has 4 rings (SSSR count). The maximum absolute atomic E-state index is 13.6. The predicted octanol–water partition coefficient (Wildman–Crippen LogP) is 5.63. The Bertz CT molecular complexity index is 2610. The third kappa shape index (κ3) is 22.8. The van der Waals surface area contributed by atoms with Crippen LogP contribution in [0.3, 0.4) is 0 Å². The molecule has 0 N–H and O–H groups in total. The first-order valence-corrected chi connectivity index (χ1v) is 45.4. The van der Waals surface area contributed by atoms with Crippen LogP contribution in [-0.4, -0.2) is 70.3 Å². The minimum Gasteiger partial charge on any atom is -0.343 e. The molecule has 1 unspecified atom stereocenters. The molecule has 59 heavy (non-hydrogen) atoms. The molecular weight excluding hydrogens is 1210 g/mol. The highest BCUT2D eigenvalue weighted by atomic mass is 35.5. The van der Waals surface area contributed by atoms with Crippen LogP contribution < -0.4 is 0 Å². The number of rotatable bonds is 5. The number of piperazine rings is 1. The average Bonchev–Trinajstić information content (AvgIpc) is 3.22. The summed E-state index contributed by atoms with van der Waals surface area (Å²) in [6, 6.07) is 11.7. The van der Waals surface area contributed by atoms with Crippen molar-refractivity contribution in [3.05, 3.63) is 63.9 Å². The third-order valence-corrected chi connectivity index (χ3v) is 51.3. The van der Waals surface area contributed by atoms with E-state index in [9.17, 15) is 9.59 Å². The summed E-state index contributed by atoms with van der Waals surface area (Å²) < 4.78 is 0. The van der Waals surface area contributed by atoms with Crippen molar-refractivity contribution in [1.29, 1.82) is 0 Å². The lowest BCUT2D eigenvalue weighted by atomic mass is 9.82. The zero-order valence-electron chi connectivity index (χ0n) is 31.3. The van der Waals surface area contributed by atoms with Crippen LogP contribution in [0, 0.1) is 11.3 Å². The lowest BCUT2D eigenvalue weighted by Gasteiger charge is -2.49. The van der Waals surface area contributed by atoms with Crippen LogP contribution in [0.5, 0.6) is 0 Å². The van der Waals surface area contributed by atoms with Crippen LogP contribution in [0.15, 0.2) is 42.6 Å². The van der Waals surface area contributed by atoms with Gasteiger partial charge >= 0.3 is 0 Å². The molecule has 0 radical (unpaired) electrons. The Hall–Kier alpha value is 2.69. The quantitative estimate of drug-likeness (QED) is 0.388. The maximum atomic E-state index is 13.6. The Morgan fingerprint density at radius 2 is 1.24 bits per heavy atom. The van der Waals surface area contributed by atoms with Gasteiger partial charge in [-0.05, 0) is 54.0 Å². The fourth-order valence-electron chi connectivity index (χ4n) is 5.89. The summed E-state index contributed by atoms with van der Waals surface area (Å²) in [7, 11) is 34.5. The van der Waals surface area contributed by atoms with Gasteiger partial charge in [0.2, 0.25) is 11.8 Å². The van der Waals surface area contributed by atoms with E-state index in [0.717, 1.165) is 50.3 Å². The molecule has 3 heterocycles. The molecule has 6 nitrogen and oxygen atoms in total. The van der Waals surface area contributed by atoms with Gasteiger partial charge in [0.15, 0.2) is 0 Å². The second-order valence-corrected chi connectivity index (χ2v) is 49.0. The molecule has 0 bridgehead atoms. The molecule has 2 aromatic rings. The number of piperidine rings is 1. The second-order valence-electron chi connectivity index (χ2n) is 12.8. The molecule has 2 aliphatic heterocycles. The first kappa shape index (κ1) is 56.0. The van der Waals surface area contributed by atoms with E-state index >= 15 is 0 Å². The van der Waals surface area contributed by atoms with E-state index < -0.39 is 0 Å². The standard InChI is InChI=1S/C29H38Cl2N4O2.S22/c1-20(36)33-13-10-21(11-14-33)17-27(37)35-16-15-34(19-26(35)29(2,3)4)28(25-7-5-6-12-32-25)22-8-9-23(30)24(31)18-22;1-3-5-7-9-11-13-15-17-19-21-22-20-18-16-14-12-10-8-6-4-2/h5-9,12,18,21,26,28H,10-11,13-17,19H2,1-4H3;/t26-,28?;/m1./s1. The summed E-state index contributed by atoms with van der Waals surface area (Å²) in [5.74, 6) is 0.683. The summed E-state index contributed by atoms with van der Waals surface area (Å²) in [6.07, 6.45) is 4.15. The predicted molar refractivity (Wildman–Crippen MR) is 311 cm³/mol. The molecule has 2 aliphatic rings. The monoisotopic (exact) mass is 1250 g/mol. The first-order valence-electron chi connectivity index (χ1n) is 16.7. The van der Waals surface area contributed by atoms with E-state index in [1.54, 1.807) is 167 Å². The van der Waals surface area contributed by atoms with Crippen LogP contribution in [0.25, 0.3) is 0 Å². The second kappa shape index (κ2) is 33.2. The number of hydrogen-bond acceptors (Lipinski definition) is 6. The molecule has 0 aliphatic carbocycles. The summed E-state index contributed by atoms with van der Waals surface area (Å²) >= 11 is 22.2. The van der Waals surface area contributed by atoms with Crippen molar-refractivity contribution in [2.75, 3.05) is 32.7 Å². The summed E-state index contributed by atoms with van der Waals surface area (Å²) in [4.78, 5) is 36.4. The number of amides is 2. The number of benzene rings is 1.